The van der Waals surface area contributed by atoms with Gasteiger partial charge < -0.3 is 0 Å². The minimum atomic E-state index is 0.508. The molecule has 0 saturated heterocycles. The maximum Gasteiger partial charge on any atom is -0.00250 e. The molecule has 0 unspecified atom stereocenters. The molecule has 0 spiro atoms. The van der Waals surface area contributed by atoms with E-state index in [0.717, 1.165) is 12.0 Å². The molecular formula is C17H30. The number of terminal acetylenes is 1. The Morgan fingerprint density at radius 3 is 2.00 bits per heavy atom. The van der Waals surface area contributed by atoms with E-state index in [4.69, 9.17) is 6.42 Å². The molecule has 17 heavy (non-hydrogen) atoms. The SMILES string of the molecule is C#CC(=CC)CCCCCCCCC(C)(C)C. The van der Waals surface area contributed by atoms with Crippen molar-refractivity contribution in [3.05, 3.63) is 11.6 Å². The molecule has 98 valence electrons. The molecule has 0 bridgehead atoms. The summed E-state index contributed by atoms with van der Waals surface area (Å²) >= 11 is 0. The molecule has 0 N–H and O–H groups in total. The summed E-state index contributed by atoms with van der Waals surface area (Å²) in [7, 11) is 0. The van der Waals surface area contributed by atoms with Gasteiger partial charge in [0.1, 0.15) is 0 Å². The molecule has 0 aliphatic carbocycles. The zero-order valence-corrected chi connectivity index (χ0v) is 12.3. The van der Waals surface area contributed by atoms with Crippen LogP contribution in [-0.4, -0.2) is 0 Å². The highest BCUT2D eigenvalue weighted by atomic mass is 14.1. The summed E-state index contributed by atoms with van der Waals surface area (Å²) in [6.07, 6.45) is 18.0. The average Bonchev–Trinajstić information content (AvgIpc) is 2.26. The van der Waals surface area contributed by atoms with Crippen molar-refractivity contribution in [3.8, 4) is 12.3 Å². The average molecular weight is 234 g/mol. The van der Waals surface area contributed by atoms with Gasteiger partial charge in [0.2, 0.25) is 0 Å². The van der Waals surface area contributed by atoms with Gasteiger partial charge in [0.05, 0.1) is 0 Å². The lowest BCUT2D eigenvalue weighted by Crippen LogP contribution is -2.03. The molecule has 0 radical (unpaired) electrons. The first-order valence-electron chi connectivity index (χ1n) is 7.11. The van der Waals surface area contributed by atoms with E-state index in [1.165, 1.54) is 44.9 Å². The fourth-order valence-corrected chi connectivity index (χ4v) is 1.98. The topological polar surface area (TPSA) is 0 Å². The minimum Gasteiger partial charge on any atom is -0.115 e. The quantitative estimate of drug-likeness (QED) is 0.371. The van der Waals surface area contributed by atoms with Crippen molar-refractivity contribution in [2.45, 2.75) is 79.1 Å². The summed E-state index contributed by atoms with van der Waals surface area (Å²) in [5, 5.41) is 0. The Hall–Kier alpha value is -0.700. The number of unbranched alkanes of at least 4 members (excludes halogenated alkanes) is 5. The predicted octanol–water partition coefficient (Wildman–Crippen LogP) is 5.73. The van der Waals surface area contributed by atoms with Gasteiger partial charge in [0, 0.05) is 0 Å². The highest BCUT2D eigenvalue weighted by molar-refractivity contribution is 5.23. The van der Waals surface area contributed by atoms with Crippen molar-refractivity contribution in [1.29, 1.82) is 0 Å². The Morgan fingerprint density at radius 2 is 1.53 bits per heavy atom. The molecule has 0 aliphatic heterocycles. The van der Waals surface area contributed by atoms with E-state index >= 15 is 0 Å². The van der Waals surface area contributed by atoms with E-state index in [2.05, 4.69) is 32.8 Å². The van der Waals surface area contributed by atoms with E-state index in [0.29, 0.717) is 5.41 Å². The molecule has 0 rings (SSSR count). The molecule has 0 saturated carbocycles. The first-order chi connectivity index (χ1) is 7.99. The van der Waals surface area contributed by atoms with E-state index in [-0.39, 0.29) is 0 Å². The molecular weight excluding hydrogens is 204 g/mol. The highest BCUT2D eigenvalue weighted by Gasteiger charge is 2.08. The van der Waals surface area contributed by atoms with Gasteiger partial charge in [-0.3, -0.25) is 0 Å². The third-order valence-electron chi connectivity index (χ3n) is 3.16. The van der Waals surface area contributed by atoms with Gasteiger partial charge in [-0.2, -0.15) is 0 Å². The van der Waals surface area contributed by atoms with Crippen molar-refractivity contribution in [1.82, 2.24) is 0 Å². The van der Waals surface area contributed by atoms with Crippen molar-refractivity contribution in [2.24, 2.45) is 5.41 Å². The second kappa shape index (κ2) is 9.34. The maximum absolute atomic E-state index is 5.39. The van der Waals surface area contributed by atoms with Gasteiger partial charge in [-0.25, -0.2) is 0 Å². The number of allylic oxidation sites excluding steroid dienone is 2. The summed E-state index contributed by atoms with van der Waals surface area (Å²) < 4.78 is 0. The zero-order valence-electron chi connectivity index (χ0n) is 12.3. The lowest BCUT2D eigenvalue weighted by Gasteiger charge is -2.17. The first-order valence-corrected chi connectivity index (χ1v) is 7.11. The third-order valence-corrected chi connectivity index (χ3v) is 3.16. The zero-order chi connectivity index (χ0) is 13.1. The number of hydrogen-bond acceptors (Lipinski definition) is 0. The largest absolute Gasteiger partial charge is 0.115 e. The van der Waals surface area contributed by atoms with Crippen LogP contribution < -0.4 is 0 Å². The van der Waals surface area contributed by atoms with E-state index in [1.54, 1.807) is 0 Å². The van der Waals surface area contributed by atoms with E-state index in [9.17, 15) is 0 Å². The van der Waals surface area contributed by atoms with Crippen molar-refractivity contribution in [2.75, 3.05) is 0 Å². The van der Waals surface area contributed by atoms with Crippen LogP contribution in [0.5, 0.6) is 0 Å². The van der Waals surface area contributed by atoms with E-state index < -0.39 is 0 Å². The van der Waals surface area contributed by atoms with Crippen LogP contribution in [0.3, 0.4) is 0 Å². The highest BCUT2D eigenvalue weighted by Crippen LogP contribution is 2.22. The van der Waals surface area contributed by atoms with Gasteiger partial charge >= 0.3 is 0 Å². The Balaban J connectivity index is 3.28. The number of hydrogen-bond donors (Lipinski definition) is 0. The Labute approximate surface area is 109 Å². The smallest absolute Gasteiger partial charge is 0.00250 e. The Morgan fingerprint density at radius 1 is 1.00 bits per heavy atom. The normalized spacial score (nSPS) is 12.5. The summed E-state index contributed by atoms with van der Waals surface area (Å²) in [6, 6.07) is 0. The number of rotatable bonds is 8. The lowest BCUT2D eigenvalue weighted by atomic mass is 9.89. The van der Waals surface area contributed by atoms with Gasteiger partial charge in [-0.15, -0.1) is 6.42 Å². The van der Waals surface area contributed by atoms with Crippen LogP contribution in [0.25, 0.3) is 0 Å². The van der Waals surface area contributed by atoms with E-state index in [1.807, 2.05) is 6.92 Å². The molecule has 0 aromatic rings. The third kappa shape index (κ3) is 11.6. The summed E-state index contributed by atoms with van der Waals surface area (Å²) in [6.45, 7) is 9.00. The molecule has 0 aromatic heterocycles. The lowest BCUT2D eigenvalue weighted by molar-refractivity contribution is 0.356. The molecule has 0 nitrogen and oxygen atoms in total. The van der Waals surface area contributed by atoms with Gasteiger partial charge in [-0.1, -0.05) is 64.9 Å². The van der Waals surface area contributed by atoms with Crippen LogP contribution in [0.1, 0.15) is 79.1 Å². The summed E-state index contributed by atoms with van der Waals surface area (Å²) in [5.74, 6) is 2.74. The maximum atomic E-state index is 5.39. The van der Waals surface area contributed by atoms with Crippen LogP contribution in [0, 0.1) is 17.8 Å². The standard InChI is InChI=1S/C17H30/c1-6-16(7-2)14-12-10-8-9-11-13-15-17(3,4)5/h1,7H,8-15H2,2-5H3. The molecule has 0 fully saturated rings. The second-order valence-electron chi connectivity index (χ2n) is 6.14. The Kier molecular flexibility index (Phi) is 8.96. The fourth-order valence-electron chi connectivity index (χ4n) is 1.98. The second-order valence-corrected chi connectivity index (χ2v) is 6.14. The first kappa shape index (κ1) is 16.3. The fraction of sp³-hybridized carbons (Fsp3) is 0.765. The predicted molar refractivity (Wildman–Crippen MR) is 79.0 cm³/mol. The summed E-state index contributed by atoms with van der Waals surface area (Å²) in [5.41, 5.74) is 1.67. The molecule has 0 amide bonds. The van der Waals surface area contributed by atoms with Crippen LogP contribution >= 0.6 is 0 Å². The van der Waals surface area contributed by atoms with Crippen molar-refractivity contribution >= 4 is 0 Å². The van der Waals surface area contributed by atoms with Gasteiger partial charge in [0.25, 0.3) is 0 Å². The molecule has 0 atom stereocenters. The van der Waals surface area contributed by atoms with Gasteiger partial charge in [-0.05, 0) is 37.2 Å². The van der Waals surface area contributed by atoms with Crippen molar-refractivity contribution in [3.63, 3.8) is 0 Å². The molecule has 0 heterocycles. The monoisotopic (exact) mass is 234 g/mol. The molecule has 0 aliphatic rings. The van der Waals surface area contributed by atoms with Crippen LogP contribution in [0.4, 0.5) is 0 Å². The summed E-state index contributed by atoms with van der Waals surface area (Å²) in [4.78, 5) is 0. The van der Waals surface area contributed by atoms with Crippen molar-refractivity contribution < 1.29 is 0 Å². The van der Waals surface area contributed by atoms with Crippen LogP contribution in [0.2, 0.25) is 0 Å². The molecule has 0 heteroatoms. The van der Waals surface area contributed by atoms with Crippen LogP contribution in [0.15, 0.2) is 11.6 Å². The minimum absolute atomic E-state index is 0.508. The Bertz CT molecular complexity index is 244. The van der Waals surface area contributed by atoms with Gasteiger partial charge in [0.15, 0.2) is 0 Å². The van der Waals surface area contributed by atoms with Crippen LogP contribution in [-0.2, 0) is 0 Å². The molecule has 0 aromatic carbocycles.